The number of thioether (sulfide) groups is 1. The van der Waals surface area contributed by atoms with Gasteiger partial charge in [-0.25, -0.2) is 4.98 Å². The molecular formula is C18H21ClN2S. The van der Waals surface area contributed by atoms with E-state index < -0.39 is 0 Å². The van der Waals surface area contributed by atoms with Crippen molar-refractivity contribution < 1.29 is 0 Å². The third-order valence-corrected chi connectivity index (χ3v) is 4.71. The summed E-state index contributed by atoms with van der Waals surface area (Å²) < 4.78 is 0. The highest BCUT2D eigenvalue weighted by atomic mass is 35.5. The fourth-order valence-corrected chi connectivity index (χ4v) is 3.83. The number of aromatic nitrogens is 2. The summed E-state index contributed by atoms with van der Waals surface area (Å²) in [5, 5.41) is 0.995. The maximum Gasteiger partial charge on any atom is 0.166 e. The number of H-pyrrole nitrogens is 1. The Morgan fingerprint density at radius 1 is 0.955 bits per heavy atom. The molecule has 0 aliphatic rings. The zero-order chi connectivity index (χ0) is 15.0. The van der Waals surface area contributed by atoms with E-state index in [-0.39, 0.29) is 12.4 Å². The maximum absolute atomic E-state index is 4.65. The van der Waals surface area contributed by atoms with E-state index in [9.17, 15) is 0 Å². The summed E-state index contributed by atoms with van der Waals surface area (Å²) in [5.41, 5.74) is 8.90. The first-order chi connectivity index (χ1) is 10.0. The normalized spacial score (nSPS) is 10.7. The van der Waals surface area contributed by atoms with Crippen molar-refractivity contribution in [3.63, 3.8) is 0 Å². The van der Waals surface area contributed by atoms with Gasteiger partial charge in [-0.15, -0.1) is 12.4 Å². The zero-order valence-corrected chi connectivity index (χ0v) is 15.0. The van der Waals surface area contributed by atoms with Crippen molar-refractivity contribution in [2.75, 3.05) is 0 Å². The smallest absolute Gasteiger partial charge is 0.166 e. The first kappa shape index (κ1) is 16.9. The van der Waals surface area contributed by atoms with Crippen LogP contribution in [0.4, 0.5) is 0 Å². The summed E-state index contributed by atoms with van der Waals surface area (Å²) in [7, 11) is 0. The van der Waals surface area contributed by atoms with Crippen molar-refractivity contribution >= 4 is 35.2 Å². The van der Waals surface area contributed by atoms with Gasteiger partial charge in [0.05, 0.1) is 11.0 Å². The Balaban J connectivity index is 0.00000176. The lowest BCUT2D eigenvalue weighted by atomic mass is 10.0. The van der Waals surface area contributed by atoms with E-state index in [1.54, 1.807) is 11.8 Å². The number of hydrogen-bond donors (Lipinski definition) is 1. The van der Waals surface area contributed by atoms with Gasteiger partial charge in [0.15, 0.2) is 5.16 Å². The fourth-order valence-electron chi connectivity index (χ4n) is 2.75. The maximum atomic E-state index is 4.65. The largest absolute Gasteiger partial charge is 0.333 e. The third kappa shape index (κ3) is 3.47. The van der Waals surface area contributed by atoms with Gasteiger partial charge in [0.1, 0.15) is 0 Å². The summed E-state index contributed by atoms with van der Waals surface area (Å²) >= 11 is 1.77. The van der Waals surface area contributed by atoms with Gasteiger partial charge < -0.3 is 4.98 Å². The van der Waals surface area contributed by atoms with E-state index in [4.69, 9.17) is 0 Å². The number of imidazole rings is 1. The van der Waals surface area contributed by atoms with Crippen molar-refractivity contribution in [3.8, 4) is 0 Å². The first-order valence-corrected chi connectivity index (χ1v) is 8.17. The van der Waals surface area contributed by atoms with Gasteiger partial charge in [0.2, 0.25) is 0 Å². The van der Waals surface area contributed by atoms with Gasteiger partial charge in [-0.1, -0.05) is 35.5 Å². The van der Waals surface area contributed by atoms with Crippen LogP contribution in [0.5, 0.6) is 0 Å². The predicted molar refractivity (Wildman–Crippen MR) is 98.3 cm³/mol. The molecule has 1 aromatic heterocycles. The van der Waals surface area contributed by atoms with Crippen LogP contribution in [0.15, 0.2) is 35.5 Å². The molecule has 1 N–H and O–H groups in total. The number of aromatic amines is 1. The minimum atomic E-state index is 0. The number of fused-ring (bicyclic) bond motifs is 1. The van der Waals surface area contributed by atoms with Crippen LogP contribution < -0.4 is 0 Å². The van der Waals surface area contributed by atoms with E-state index >= 15 is 0 Å². The van der Waals surface area contributed by atoms with Crippen molar-refractivity contribution in [3.05, 3.63) is 58.1 Å². The Hall–Kier alpha value is -1.45. The summed E-state index contributed by atoms with van der Waals surface area (Å²) in [4.78, 5) is 8.06. The highest BCUT2D eigenvalue weighted by Gasteiger charge is 2.08. The molecule has 0 spiro atoms. The molecule has 0 atom stereocenters. The lowest BCUT2D eigenvalue weighted by Crippen LogP contribution is -1.93. The molecule has 3 aromatic rings. The van der Waals surface area contributed by atoms with Crippen LogP contribution in [0, 0.1) is 27.7 Å². The Morgan fingerprint density at radius 3 is 2.32 bits per heavy atom. The molecule has 0 amide bonds. The molecule has 2 aromatic carbocycles. The zero-order valence-electron chi connectivity index (χ0n) is 13.4. The molecular weight excluding hydrogens is 312 g/mol. The summed E-state index contributed by atoms with van der Waals surface area (Å²) in [6.45, 7) is 8.64. The lowest BCUT2D eigenvalue weighted by molar-refractivity contribution is 1.07. The second-order valence-corrected chi connectivity index (χ2v) is 6.69. The SMILES string of the molecule is Cc1cc(C)c(CSc2nc3ccc(C)cc3[nH]2)c(C)c1.Cl. The Labute approximate surface area is 142 Å². The minimum absolute atomic E-state index is 0. The van der Waals surface area contributed by atoms with E-state index in [1.807, 2.05) is 0 Å². The Bertz CT molecular complexity index is 785. The lowest BCUT2D eigenvalue weighted by Gasteiger charge is -2.10. The van der Waals surface area contributed by atoms with Gasteiger partial charge >= 0.3 is 0 Å². The molecule has 0 radical (unpaired) electrons. The Morgan fingerprint density at radius 2 is 1.64 bits per heavy atom. The number of hydrogen-bond acceptors (Lipinski definition) is 2. The van der Waals surface area contributed by atoms with Crippen molar-refractivity contribution in [2.24, 2.45) is 0 Å². The van der Waals surface area contributed by atoms with Crippen LogP contribution in [-0.4, -0.2) is 9.97 Å². The van der Waals surface area contributed by atoms with Gasteiger partial charge in [-0.05, 0) is 62.1 Å². The van der Waals surface area contributed by atoms with Crippen LogP contribution in [0.2, 0.25) is 0 Å². The second-order valence-electron chi connectivity index (χ2n) is 5.73. The fraction of sp³-hybridized carbons (Fsp3) is 0.278. The first-order valence-electron chi connectivity index (χ1n) is 7.19. The molecule has 1 heterocycles. The van der Waals surface area contributed by atoms with Gasteiger partial charge in [0, 0.05) is 5.75 Å². The molecule has 116 valence electrons. The van der Waals surface area contributed by atoms with Gasteiger partial charge in [-0.3, -0.25) is 0 Å². The molecule has 0 aliphatic carbocycles. The molecule has 0 unspecified atom stereocenters. The molecule has 0 bridgehead atoms. The molecule has 4 heteroatoms. The van der Waals surface area contributed by atoms with E-state index in [2.05, 4.69) is 68.0 Å². The van der Waals surface area contributed by atoms with Crippen molar-refractivity contribution in [2.45, 2.75) is 38.6 Å². The van der Waals surface area contributed by atoms with E-state index in [0.29, 0.717) is 0 Å². The van der Waals surface area contributed by atoms with Crippen molar-refractivity contribution in [1.29, 1.82) is 0 Å². The average Bonchev–Trinajstić information content (AvgIpc) is 2.79. The molecule has 0 fully saturated rings. The third-order valence-electron chi connectivity index (χ3n) is 3.81. The van der Waals surface area contributed by atoms with Crippen LogP contribution in [-0.2, 0) is 5.75 Å². The molecule has 0 saturated carbocycles. The minimum Gasteiger partial charge on any atom is -0.333 e. The molecule has 22 heavy (non-hydrogen) atoms. The Kier molecular flexibility index (Phi) is 5.20. The summed E-state index contributed by atoms with van der Waals surface area (Å²) in [6.07, 6.45) is 0. The van der Waals surface area contributed by atoms with Crippen LogP contribution in [0.1, 0.15) is 27.8 Å². The van der Waals surface area contributed by atoms with Crippen LogP contribution in [0.25, 0.3) is 11.0 Å². The second kappa shape index (κ2) is 6.76. The average molecular weight is 333 g/mol. The summed E-state index contributed by atoms with van der Waals surface area (Å²) in [6, 6.07) is 10.8. The number of halogens is 1. The number of nitrogens with zero attached hydrogens (tertiary/aromatic N) is 1. The highest BCUT2D eigenvalue weighted by molar-refractivity contribution is 7.98. The topological polar surface area (TPSA) is 28.7 Å². The standard InChI is InChI=1S/C18H20N2S.ClH/c1-11-5-6-16-17(9-11)20-18(19-16)21-10-15-13(3)7-12(2)8-14(15)4;/h5-9H,10H2,1-4H3,(H,19,20);1H. The summed E-state index contributed by atoms with van der Waals surface area (Å²) in [5.74, 6) is 0.955. The van der Waals surface area contributed by atoms with Crippen LogP contribution >= 0.6 is 24.2 Å². The van der Waals surface area contributed by atoms with E-state index in [0.717, 1.165) is 21.9 Å². The molecule has 3 rings (SSSR count). The number of rotatable bonds is 3. The molecule has 0 aliphatic heterocycles. The predicted octanol–water partition coefficient (Wildman–Crippen LogP) is 5.51. The van der Waals surface area contributed by atoms with Gasteiger partial charge in [-0.2, -0.15) is 0 Å². The molecule has 0 saturated heterocycles. The van der Waals surface area contributed by atoms with Gasteiger partial charge in [0.25, 0.3) is 0 Å². The molecule has 2 nitrogen and oxygen atoms in total. The van der Waals surface area contributed by atoms with E-state index in [1.165, 1.54) is 27.8 Å². The van der Waals surface area contributed by atoms with Crippen molar-refractivity contribution in [1.82, 2.24) is 9.97 Å². The quantitative estimate of drug-likeness (QED) is 0.640. The number of benzene rings is 2. The number of aryl methyl sites for hydroxylation is 4. The van der Waals surface area contributed by atoms with Crippen LogP contribution in [0.3, 0.4) is 0 Å². The number of nitrogens with one attached hydrogen (secondary N) is 1. The highest BCUT2D eigenvalue weighted by Crippen LogP contribution is 2.27. The monoisotopic (exact) mass is 332 g/mol.